The second-order valence-electron chi connectivity index (χ2n) is 3.93. The predicted molar refractivity (Wildman–Crippen MR) is 77.7 cm³/mol. The Morgan fingerprint density at radius 2 is 2.28 bits per heavy atom. The molecule has 0 aromatic carbocycles. The molecule has 0 fully saturated rings. The molecule has 0 atom stereocenters. The summed E-state index contributed by atoms with van der Waals surface area (Å²) >= 11 is 5.02. The van der Waals surface area contributed by atoms with Crippen molar-refractivity contribution in [1.29, 1.82) is 0 Å². The SMILES string of the molecule is CCCc1nn(C)c(Sc2ncccc2Br)c1N. The van der Waals surface area contributed by atoms with E-state index in [9.17, 15) is 0 Å². The number of nitrogen functional groups attached to an aromatic ring is 1. The Balaban J connectivity index is 2.32. The van der Waals surface area contributed by atoms with Gasteiger partial charge in [0.1, 0.15) is 10.1 Å². The van der Waals surface area contributed by atoms with Gasteiger partial charge >= 0.3 is 0 Å². The van der Waals surface area contributed by atoms with Gasteiger partial charge in [-0.25, -0.2) is 4.98 Å². The van der Waals surface area contributed by atoms with Crippen molar-refractivity contribution in [2.24, 2.45) is 7.05 Å². The topological polar surface area (TPSA) is 56.7 Å². The van der Waals surface area contributed by atoms with Gasteiger partial charge < -0.3 is 5.73 Å². The van der Waals surface area contributed by atoms with E-state index >= 15 is 0 Å². The molecule has 6 heteroatoms. The minimum absolute atomic E-state index is 0.766. The lowest BCUT2D eigenvalue weighted by molar-refractivity contribution is 0.681. The quantitative estimate of drug-likeness (QED) is 0.936. The maximum atomic E-state index is 6.14. The third-order valence-electron chi connectivity index (χ3n) is 2.51. The zero-order valence-electron chi connectivity index (χ0n) is 10.4. The van der Waals surface area contributed by atoms with Gasteiger partial charge in [0.05, 0.1) is 15.9 Å². The van der Waals surface area contributed by atoms with E-state index in [2.05, 4.69) is 32.9 Å². The zero-order chi connectivity index (χ0) is 13.1. The number of pyridine rings is 1. The summed E-state index contributed by atoms with van der Waals surface area (Å²) in [5, 5.41) is 6.29. The molecule has 0 amide bonds. The summed E-state index contributed by atoms with van der Waals surface area (Å²) in [6.45, 7) is 2.12. The first kappa shape index (κ1) is 13.4. The molecule has 2 aromatic heterocycles. The number of hydrogen-bond acceptors (Lipinski definition) is 4. The van der Waals surface area contributed by atoms with Crippen LogP contribution in [0.2, 0.25) is 0 Å². The minimum atomic E-state index is 0.766. The lowest BCUT2D eigenvalue weighted by Gasteiger charge is -2.04. The summed E-state index contributed by atoms with van der Waals surface area (Å²) in [5.41, 5.74) is 7.87. The highest BCUT2D eigenvalue weighted by Crippen LogP contribution is 2.35. The lowest BCUT2D eigenvalue weighted by Crippen LogP contribution is -1.94. The molecular weight excluding hydrogens is 312 g/mol. The fraction of sp³-hybridized carbons (Fsp3) is 0.333. The highest BCUT2D eigenvalue weighted by Gasteiger charge is 2.15. The highest BCUT2D eigenvalue weighted by molar-refractivity contribution is 9.10. The molecule has 2 heterocycles. The molecule has 18 heavy (non-hydrogen) atoms. The van der Waals surface area contributed by atoms with E-state index in [-0.39, 0.29) is 0 Å². The van der Waals surface area contributed by atoms with Gasteiger partial charge in [0.25, 0.3) is 0 Å². The van der Waals surface area contributed by atoms with E-state index in [4.69, 9.17) is 5.73 Å². The number of aryl methyl sites for hydroxylation is 2. The van der Waals surface area contributed by atoms with E-state index < -0.39 is 0 Å². The average Bonchev–Trinajstić information content (AvgIpc) is 2.60. The summed E-state index contributed by atoms with van der Waals surface area (Å²) in [6.07, 6.45) is 3.72. The van der Waals surface area contributed by atoms with Gasteiger partial charge in [-0.3, -0.25) is 4.68 Å². The van der Waals surface area contributed by atoms with Crippen molar-refractivity contribution in [3.8, 4) is 0 Å². The molecule has 0 radical (unpaired) electrons. The zero-order valence-corrected chi connectivity index (χ0v) is 12.8. The number of rotatable bonds is 4. The summed E-state index contributed by atoms with van der Waals surface area (Å²) in [6, 6.07) is 3.86. The van der Waals surface area contributed by atoms with Crippen molar-refractivity contribution >= 4 is 33.4 Å². The fourth-order valence-electron chi connectivity index (χ4n) is 1.66. The van der Waals surface area contributed by atoms with Crippen LogP contribution < -0.4 is 5.73 Å². The van der Waals surface area contributed by atoms with Gasteiger partial charge in [0.2, 0.25) is 0 Å². The molecule has 0 unspecified atom stereocenters. The van der Waals surface area contributed by atoms with Crippen LogP contribution in [0, 0.1) is 0 Å². The Labute approximate surface area is 119 Å². The molecule has 0 aliphatic carbocycles. The molecule has 0 saturated carbocycles. The van der Waals surface area contributed by atoms with Crippen LogP contribution in [0.5, 0.6) is 0 Å². The van der Waals surface area contributed by atoms with Gasteiger partial charge in [0, 0.05) is 13.2 Å². The molecule has 2 aromatic rings. The number of nitrogens with two attached hydrogens (primary N) is 1. The smallest absolute Gasteiger partial charge is 0.123 e. The molecule has 4 nitrogen and oxygen atoms in total. The van der Waals surface area contributed by atoms with E-state index in [0.717, 1.165) is 38.7 Å². The largest absolute Gasteiger partial charge is 0.395 e. The first-order valence-corrected chi connectivity index (χ1v) is 7.34. The summed E-state index contributed by atoms with van der Waals surface area (Å²) < 4.78 is 2.79. The Morgan fingerprint density at radius 3 is 2.94 bits per heavy atom. The van der Waals surface area contributed by atoms with Gasteiger partial charge in [-0.1, -0.05) is 13.3 Å². The van der Waals surface area contributed by atoms with Crippen LogP contribution >= 0.6 is 27.7 Å². The minimum Gasteiger partial charge on any atom is -0.395 e. The maximum absolute atomic E-state index is 6.14. The Kier molecular flexibility index (Phi) is 4.29. The fourth-order valence-corrected chi connectivity index (χ4v) is 3.02. The van der Waals surface area contributed by atoms with E-state index in [1.807, 2.05) is 23.9 Å². The van der Waals surface area contributed by atoms with Gasteiger partial charge in [-0.15, -0.1) is 0 Å². The first-order chi connectivity index (χ1) is 8.63. The lowest BCUT2D eigenvalue weighted by atomic mass is 10.2. The number of anilines is 1. The maximum Gasteiger partial charge on any atom is 0.123 e. The van der Waals surface area contributed by atoms with Crippen molar-refractivity contribution in [2.45, 2.75) is 29.8 Å². The van der Waals surface area contributed by atoms with E-state index in [1.54, 1.807) is 6.20 Å². The monoisotopic (exact) mass is 326 g/mol. The van der Waals surface area contributed by atoms with Crippen LogP contribution in [-0.4, -0.2) is 14.8 Å². The molecule has 0 aliphatic rings. The molecule has 0 aliphatic heterocycles. The van der Waals surface area contributed by atoms with Gasteiger partial charge in [-0.05, 0) is 46.2 Å². The first-order valence-electron chi connectivity index (χ1n) is 5.73. The van der Waals surface area contributed by atoms with Gasteiger partial charge in [-0.2, -0.15) is 5.10 Å². The molecule has 2 N–H and O–H groups in total. The molecule has 0 saturated heterocycles. The second-order valence-corrected chi connectivity index (χ2v) is 5.76. The Hall–Kier alpha value is -1.01. The Morgan fingerprint density at radius 1 is 1.50 bits per heavy atom. The molecule has 0 bridgehead atoms. The standard InChI is InChI=1S/C12H15BrN4S/c1-3-5-9-10(14)12(17(2)16-9)18-11-8(13)6-4-7-15-11/h4,6-7H,3,5,14H2,1-2H3. The van der Waals surface area contributed by atoms with Crippen molar-refractivity contribution in [3.63, 3.8) is 0 Å². The van der Waals surface area contributed by atoms with Crippen LogP contribution in [0.15, 0.2) is 32.9 Å². The van der Waals surface area contributed by atoms with Crippen molar-refractivity contribution in [1.82, 2.24) is 14.8 Å². The highest BCUT2D eigenvalue weighted by atomic mass is 79.9. The van der Waals surface area contributed by atoms with Crippen LogP contribution in [0.3, 0.4) is 0 Å². The third kappa shape index (κ3) is 2.70. The van der Waals surface area contributed by atoms with E-state index in [1.165, 1.54) is 11.8 Å². The number of hydrogen-bond donors (Lipinski definition) is 1. The van der Waals surface area contributed by atoms with Crippen molar-refractivity contribution in [3.05, 3.63) is 28.5 Å². The van der Waals surface area contributed by atoms with Crippen LogP contribution in [0.4, 0.5) is 5.69 Å². The second kappa shape index (κ2) is 5.75. The third-order valence-corrected chi connectivity index (χ3v) is 4.61. The van der Waals surface area contributed by atoms with Crippen LogP contribution in [0.1, 0.15) is 19.0 Å². The molecule has 96 valence electrons. The molecule has 2 rings (SSSR count). The predicted octanol–water partition coefficient (Wildman–Crippen LogP) is 3.26. The number of nitrogens with zero attached hydrogens (tertiary/aromatic N) is 3. The van der Waals surface area contributed by atoms with Crippen molar-refractivity contribution < 1.29 is 0 Å². The van der Waals surface area contributed by atoms with Crippen LogP contribution in [0.25, 0.3) is 0 Å². The van der Waals surface area contributed by atoms with E-state index in [0.29, 0.717) is 0 Å². The molecular formula is C12H15BrN4S. The Bertz CT molecular complexity index is 553. The number of aromatic nitrogens is 3. The summed E-state index contributed by atoms with van der Waals surface area (Å²) in [4.78, 5) is 4.33. The average molecular weight is 327 g/mol. The van der Waals surface area contributed by atoms with Crippen LogP contribution in [-0.2, 0) is 13.5 Å². The summed E-state index contributed by atoms with van der Waals surface area (Å²) in [5.74, 6) is 0. The van der Waals surface area contributed by atoms with Crippen molar-refractivity contribution in [2.75, 3.05) is 5.73 Å². The number of halogens is 1. The molecule has 0 spiro atoms. The summed E-state index contributed by atoms with van der Waals surface area (Å²) in [7, 11) is 1.91. The van der Waals surface area contributed by atoms with Gasteiger partial charge in [0.15, 0.2) is 0 Å². The normalized spacial score (nSPS) is 10.8.